The minimum atomic E-state index is -3.72. The van der Waals surface area contributed by atoms with Crippen molar-refractivity contribution in [2.45, 2.75) is 24.6 Å². The number of para-hydroxylation sites is 2. The van der Waals surface area contributed by atoms with Gasteiger partial charge in [0.15, 0.2) is 0 Å². The summed E-state index contributed by atoms with van der Waals surface area (Å²) in [7, 11) is -3.72. The molecule has 0 radical (unpaired) electrons. The zero-order chi connectivity index (χ0) is 28.0. The van der Waals surface area contributed by atoms with E-state index in [0.29, 0.717) is 30.8 Å². The van der Waals surface area contributed by atoms with Gasteiger partial charge in [0, 0.05) is 18.8 Å². The van der Waals surface area contributed by atoms with Crippen LogP contribution >= 0.6 is 0 Å². The van der Waals surface area contributed by atoms with Crippen molar-refractivity contribution in [1.82, 2.24) is 9.62 Å². The maximum Gasteiger partial charge on any atom is 0.322 e. The quantitative estimate of drug-likeness (QED) is 0.278. The Morgan fingerprint density at radius 3 is 2.05 bits per heavy atom. The summed E-state index contributed by atoms with van der Waals surface area (Å²) in [5.41, 5.74) is 3.13. The third-order valence-corrected chi connectivity index (χ3v) is 8.31. The van der Waals surface area contributed by atoms with Crippen molar-refractivity contribution in [3.8, 4) is 11.5 Å². The average molecular weight is 556 g/mol. The number of nitrogens with one attached hydrogen (secondary N) is 2. The molecule has 9 heteroatoms. The normalized spacial score (nSPS) is 15.7. The van der Waals surface area contributed by atoms with Crippen LogP contribution in [0.5, 0.6) is 11.5 Å². The molecule has 5 rings (SSSR count). The minimum absolute atomic E-state index is 0.0948. The number of ether oxygens (including phenoxy) is 1. The van der Waals surface area contributed by atoms with Crippen LogP contribution in [-0.4, -0.2) is 31.8 Å². The molecule has 1 heterocycles. The largest absolute Gasteiger partial charge is 0.457 e. The molecule has 0 aromatic heterocycles. The molecule has 0 aliphatic carbocycles. The molecule has 8 nitrogen and oxygen atoms in total. The lowest BCUT2D eigenvalue weighted by atomic mass is 10.1. The van der Waals surface area contributed by atoms with Crippen LogP contribution in [0.4, 0.5) is 10.5 Å². The highest BCUT2D eigenvalue weighted by atomic mass is 32.2. The van der Waals surface area contributed by atoms with Crippen LogP contribution in [0.3, 0.4) is 0 Å². The number of anilines is 1. The lowest BCUT2D eigenvalue weighted by molar-refractivity contribution is -0.118. The van der Waals surface area contributed by atoms with Gasteiger partial charge in [0.25, 0.3) is 0 Å². The predicted molar refractivity (Wildman–Crippen MR) is 153 cm³/mol. The van der Waals surface area contributed by atoms with Crippen LogP contribution in [0.2, 0.25) is 0 Å². The predicted octanol–water partition coefficient (Wildman–Crippen LogP) is 5.65. The van der Waals surface area contributed by atoms with Crippen LogP contribution in [0.1, 0.15) is 28.4 Å². The van der Waals surface area contributed by atoms with E-state index < -0.39 is 21.2 Å². The van der Waals surface area contributed by atoms with Gasteiger partial charge in [0.05, 0.1) is 6.42 Å². The lowest BCUT2D eigenvalue weighted by Crippen LogP contribution is -2.36. The molecule has 1 atom stereocenters. The van der Waals surface area contributed by atoms with Crippen LogP contribution in [0.25, 0.3) is 0 Å². The summed E-state index contributed by atoms with van der Waals surface area (Å²) in [4.78, 5) is 26.6. The Labute approximate surface area is 233 Å². The van der Waals surface area contributed by atoms with Crippen molar-refractivity contribution >= 4 is 27.6 Å². The number of nitrogens with zero attached hydrogens (tertiary/aromatic N) is 1. The van der Waals surface area contributed by atoms with Gasteiger partial charge in [0.2, 0.25) is 15.9 Å². The Morgan fingerprint density at radius 1 is 0.825 bits per heavy atom. The minimum Gasteiger partial charge on any atom is -0.457 e. The topological polar surface area (TPSA) is 105 Å². The van der Waals surface area contributed by atoms with Gasteiger partial charge in [-0.15, -0.1) is 0 Å². The van der Waals surface area contributed by atoms with Gasteiger partial charge in [-0.05, 0) is 59.5 Å². The summed E-state index contributed by atoms with van der Waals surface area (Å²) in [6, 6.07) is 33.4. The number of carbonyl (C=O) groups excluding carboxylic acids is 2. The van der Waals surface area contributed by atoms with E-state index in [4.69, 9.17) is 4.74 Å². The zero-order valence-electron chi connectivity index (χ0n) is 21.7. The van der Waals surface area contributed by atoms with Gasteiger partial charge in [-0.25, -0.2) is 13.2 Å². The Hall–Kier alpha value is -4.63. The van der Waals surface area contributed by atoms with E-state index >= 15 is 0 Å². The molecule has 0 bridgehead atoms. The van der Waals surface area contributed by atoms with Crippen LogP contribution in [0, 0.1) is 0 Å². The summed E-state index contributed by atoms with van der Waals surface area (Å²) in [5.74, 6) is 0.991. The zero-order valence-corrected chi connectivity index (χ0v) is 22.5. The first-order valence-electron chi connectivity index (χ1n) is 12.9. The summed E-state index contributed by atoms with van der Waals surface area (Å²) >= 11 is 0. The fraction of sp³-hybridized carbons (Fsp3) is 0.161. The SMILES string of the molecule is O=C1CC(c2ccc(CN(CCc3ccc(Oc4ccccc4)cc3)C(=O)Nc3ccccc3)cc2)S(=O)(=O)N1. The molecule has 0 saturated carbocycles. The number of sulfonamides is 1. The van der Waals surface area contributed by atoms with Gasteiger partial charge < -0.3 is 15.0 Å². The molecular weight excluding hydrogens is 526 g/mol. The molecular formula is C31H29N3O5S. The van der Waals surface area contributed by atoms with Gasteiger partial charge >= 0.3 is 6.03 Å². The van der Waals surface area contributed by atoms with Crippen LogP contribution in [-0.2, 0) is 27.8 Å². The van der Waals surface area contributed by atoms with E-state index in [1.54, 1.807) is 29.2 Å². The van der Waals surface area contributed by atoms with Crippen LogP contribution in [0.15, 0.2) is 109 Å². The number of amides is 3. The Morgan fingerprint density at radius 2 is 1.43 bits per heavy atom. The molecule has 204 valence electrons. The molecule has 1 fully saturated rings. The second-order valence-electron chi connectivity index (χ2n) is 9.53. The number of rotatable bonds is 9. The summed E-state index contributed by atoms with van der Waals surface area (Å²) < 4.78 is 32.4. The number of carbonyl (C=O) groups is 2. The van der Waals surface area contributed by atoms with E-state index in [-0.39, 0.29) is 12.5 Å². The van der Waals surface area contributed by atoms with E-state index in [9.17, 15) is 18.0 Å². The van der Waals surface area contributed by atoms with Gasteiger partial charge in [-0.3, -0.25) is 9.52 Å². The number of benzene rings is 4. The second kappa shape index (κ2) is 12.0. The molecule has 4 aromatic carbocycles. The highest BCUT2D eigenvalue weighted by Crippen LogP contribution is 2.30. The van der Waals surface area contributed by atoms with E-state index in [1.165, 1.54) is 0 Å². The molecule has 1 unspecified atom stereocenters. The van der Waals surface area contributed by atoms with Gasteiger partial charge in [-0.2, -0.15) is 0 Å². The van der Waals surface area contributed by atoms with E-state index in [0.717, 1.165) is 22.6 Å². The molecule has 1 saturated heterocycles. The summed E-state index contributed by atoms with van der Waals surface area (Å²) in [6.07, 6.45) is 0.530. The fourth-order valence-electron chi connectivity index (χ4n) is 4.49. The molecule has 2 N–H and O–H groups in total. The molecule has 0 spiro atoms. The third-order valence-electron chi connectivity index (χ3n) is 6.61. The van der Waals surface area contributed by atoms with Crippen molar-refractivity contribution in [3.63, 3.8) is 0 Å². The Kier molecular flexibility index (Phi) is 8.12. The average Bonchev–Trinajstić information content (AvgIpc) is 3.24. The first kappa shape index (κ1) is 27.0. The standard InChI is InChI=1S/C31H29N3O5S/c35-30-21-29(40(37,38)33-30)25-15-11-24(12-16-25)22-34(31(36)32-26-7-3-1-4-8-26)20-19-23-13-17-28(18-14-23)39-27-9-5-2-6-10-27/h1-18,29H,19-22H2,(H,32,36)(H,33,35). The second-order valence-corrected chi connectivity index (χ2v) is 11.4. The smallest absolute Gasteiger partial charge is 0.322 e. The summed E-state index contributed by atoms with van der Waals surface area (Å²) in [6.45, 7) is 0.775. The number of hydrogen-bond donors (Lipinski definition) is 2. The molecule has 3 amide bonds. The maximum atomic E-state index is 13.3. The van der Waals surface area contributed by atoms with Gasteiger partial charge in [-0.1, -0.05) is 72.8 Å². The van der Waals surface area contributed by atoms with Crippen molar-refractivity contribution in [2.24, 2.45) is 0 Å². The van der Waals surface area contributed by atoms with Crippen LogP contribution < -0.4 is 14.8 Å². The van der Waals surface area contributed by atoms with E-state index in [1.807, 2.05) is 89.7 Å². The lowest BCUT2D eigenvalue weighted by Gasteiger charge is -2.24. The third kappa shape index (κ3) is 6.86. The number of hydrogen-bond acceptors (Lipinski definition) is 5. The van der Waals surface area contributed by atoms with E-state index in [2.05, 4.69) is 5.32 Å². The van der Waals surface area contributed by atoms with Gasteiger partial charge in [0.1, 0.15) is 16.7 Å². The van der Waals surface area contributed by atoms with Crippen molar-refractivity contribution in [1.29, 1.82) is 0 Å². The monoisotopic (exact) mass is 555 g/mol. The highest BCUT2D eigenvalue weighted by molar-refractivity contribution is 7.90. The summed E-state index contributed by atoms with van der Waals surface area (Å²) in [5, 5.41) is 2.05. The Bertz CT molecular complexity index is 1560. The maximum absolute atomic E-state index is 13.3. The molecule has 1 aliphatic heterocycles. The molecule has 1 aliphatic rings. The molecule has 40 heavy (non-hydrogen) atoms. The fourth-order valence-corrected chi connectivity index (χ4v) is 5.92. The first-order valence-corrected chi connectivity index (χ1v) is 14.5. The Balaban J connectivity index is 1.27. The molecule has 4 aromatic rings. The van der Waals surface area contributed by atoms with Crippen molar-refractivity contribution < 1.29 is 22.7 Å². The van der Waals surface area contributed by atoms with Crippen molar-refractivity contribution in [2.75, 3.05) is 11.9 Å². The van der Waals surface area contributed by atoms with Crippen molar-refractivity contribution in [3.05, 3.63) is 126 Å². The first-order chi connectivity index (χ1) is 19.4. The highest BCUT2D eigenvalue weighted by Gasteiger charge is 2.37. The number of urea groups is 1.